The molecule has 3 heteroatoms. The van der Waals surface area contributed by atoms with Gasteiger partial charge in [0.2, 0.25) is 0 Å². The number of hydrogen-bond acceptors (Lipinski definition) is 3. The zero-order chi connectivity index (χ0) is 14.3. The van der Waals surface area contributed by atoms with Crippen LogP contribution in [0.3, 0.4) is 0 Å². The van der Waals surface area contributed by atoms with Gasteiger partial charge in [-0.15, -0.1) is 0 Å². The zero-order valence-electron chi connectivity index (χ0n) is 12.5. The minimum atomic E-state index is -0.442. The van der Waals surface area contributed by atoms with Crippen LogP contribution in [-0.2, 0) is 6.54 Å². The third-order valence-electron chi connectivity index (χ3n) is 4.01. The van der Waals surface area contributed by atoms with Crippen molar-refractivity contribution in [2.75, 3.05) is 13.2 Å². The first-order valence-electron chi connectivity index (χ1n) is 7.87. The summed E-state index contributed by atoms with van der Waals surface area (Å²) in [4.78, 5) is 0. The van der Waals surface area contributed by atoms with Crippen LogP contribution in [-0.4, -0.2) is 23.9 Å². The Bertz CT molecular complexity index is 384. The molecular formula is C17H27NO2. The summed E-state index contributed by atoms with van der Waals surface area (Å²) in [5.41, 5.74) is 0.788. The van der Waals surface area contributed by atoms with Gasteiger partial charge < -0.3 is 15.2 Å². The van der Waals surface area contributed by atoms with Gasteiger partial charge in [-0.2, -0.15) is 0 Å². The molecule has 3 nitrogen and oxygen atoms in total. The Hall–Kier alpha value is -1.06. The van der Waals surface area contributed by atoms with Gasteiger partial charge in [0, 0.05) is 13.1 Å². The van der Waals surface area contributed by atoms with E-state index in [-0.39, 0.29) is 0 Å². The number of ether oxygens (including phenoxy) is 1. The van der Waals surface area contributed by atoms with E-state index in [0.29, 0.717) is 6.54 Å². The molecule has 0 bridgehead atoms. The van der Waals surface area contributed by atoms with Gasteiger partial charge in [-0.3, -0.25) is 0 Å². The van der Waals surface area contributed by atoms with E-state index in [1.165, 1.54) is 18.4 Å². The molecule has 0 aromatic heterocycles. The summed E-state index contributed by atoms with van der Waals surface area (Å²) in [6.07, 6.45) is 6.60. The van der Waals surface area contributed by atoms with Gasteiger partial charge >= 0.3 is 0 Å². The molecule has 20 heavy (non-hydrogen) atoms. The molecule has 0 spiro atoms. The van der Waals surface area contributed by atoms with Crippen molar-refractivity contribution in [1.82, 2.24) is 5.32 Å². The fraction of sp³-hybridized carbons (Fsp3) is 0.647. The highest BCUT2D eigenvalue weighted by Gasteiger charge is 2.33. The number of hydrogen-bond donors (Lipinski definition) is 2. The van der Waals surface area contributed by atoms with E-state index in [9.17, 15) is 5.11 Å². The second-order valence-electron chi connectivity index (χ2n) is 5.88. The molecule has 0 amide bonds. The Morgan fingerprint density at radius 1 is 1.20 bits per heavy atom. The fourth-order valence-electron chi connectivity index (χ4n) is 2.45. The standard InChI is InChI=1S/C17H27NO2/c1-2-3-4-12-20-16-8-6-15(7-9-16)13-18-14-17(19)10-5-11-17/h6-9,18-19H,2-5,10-14H2,1H3. The molecule has 112 valence electrons. The zero-order valence-corrected chi connectivity index (χ0v) is 12.5. The van der Waals surface area contributed by atoms with Crippen LogP contribution in [0.2, 0.25) is 0 Å². The molecule has 2 rings (SSSR count). The first kappa shape index (κ1) is 15.3. The van der Waals surface area contributed by atoms with E-state index in [2.05, 4.69) is 24.4 Å². The van der Waals surface area contributed by atoms with Crippen LogP contribution in [0.5, 0.6) is 5.75 Å². The van der Waals surface area contributed by atoms with Gasteiger partial charge in [-0.25, -0.2) is 0 Å². The van der Waals surface area contributed by atoms with Crippen molar-refractivity contribution in [1.29, 1.82) is 0 Å². The SMILES string of the molecule is CCCCCOc1ccc(CNCC2(O)CCC2)cc1. The minimum absolute atomic E-state index is 0.442. The largest absolute Gasteiger partial charge is 0.494 e. The predicted molar refractivity (Wildman–Crippen MR) is 82.0 cm³/mol. The first-order chi connectivity index (χ1) is 9.72. The quantitative estimate of drug-likeness (QED) is 0.681. The number of rotatable bonds is 9. The molecule has 0 atom stereocenters. The fourth-order valence-corrected chi connectivity index (χ4v) is 2.45. The Morgan fingerprint density at radius 2 is 1.95 bits per heavy atom. The molecule has 1 aliphatic rings. The smallest absolute Gasteiger partial charge is 0.119 e. The van der Waals surface area contributed by atoms with E-state index >= 15 is 0 Å². The summed E-state index contributed by atoms with van der Waals surface area (Å²) in [5.74, 6) is 0.947. The molecule has 1 aliphatic carbocycles. The van der Waals surface area contributed by atoms with Crippen LogP contribution >= 0.6 is 0 Å². The van der Waals surface area contributed by atoms with Crippen molar-refractivity contribution in [3.05, 3.63) is 29.8 Å². The van der Waals surface area contributed by atoms with E-state index in [4.69, 9.17) is 4.74 Å². The van der Waals surface area contributed by atoms with Crippen LogP contribution in [0, 0.1) is 0 Å². The Kier molecular flexibility index (Phi) is 5.86. The Labute approximate surface area is 122 Å². The second-order valence-corrected chi connectivity index (χ2v) is 5.88. The van der Waals surface area contributed by atoms with E-state index in [1.807, 2.05) is 12.1 Å². The number of unbranched alkanes of at least 4 members (excludes halogenated alkanes) is 2. The number of aliphatic hydroxyl groups is 1. The minimum Gasteiger partial charge on any atom is -0.494 e. The highest BCUT2D eigenvalue weighted by Crippen LogP contribution is 2.30. The summed E-state index contributed by atoms with van der Waals surface area (Å²) in [6.45, 7) is 4.50. The Morgan fingerprint density at radius 3 is 2.55 bits per heavy atom. The Balaban J connectivity index is 1.65. The molecule has 1 fully saturated rings. The van der Waals surface area contributed by atoms with Gasteiger partial charge in [0.05, 0.1) is 12.2 Å². The van der Waals surface area contributed by atoms with Crippen LogP contribution in [0.1, 0.15) is 51.0 Å². The second kappa shape index (κ2) is 7.65. The van der Waals surface area contributed by atoms with Crippen LogP contribution in [0.25, 0.3) is 0 Å². The molecule has 2 N–H and O–H groups in total. The lowest BCUT2D eigenvalue weighted by Gasteiger charge is -2.36. The monoisotopic (exact) mass is 277 g/mol. The molecule has 1 saturated carbocycles. The third-order valence-corrected chi connectivity index (χ3v) is 4.01. The molecule has 0 aliphatic heterocycles. The molecule has 0 saturated heterocycles. The summed E-state index contributed by atoms with van der Waals surface area (Å²) >= 11 is 0. The molecule has 0 heterocycles. The first-order valence-corrected chi connectivity index (χ1v) is 7.87. The van der Waals surface area contributed by atoms with Crippen molar-refractivity contribution in [3.8, 4) is 5.75 Å². The molecule has 0 radical (unpaired) electrons. The normalized spacial score (nSPS) is 16.7. The van der Waals surface area contributed by atoms with Crippen molar-refractivity contribution >= 4 is 0 Å². The van der Waals surface area contributed by atoms with Crippen molar-refractivity contribution in [3.63, 3.8) is 0 Å². The van der Waals surface area contributed by atoms with Crippen molar-refractivity contribution in [2.24, 2.45) is 0 Å². The maximum absolute atomic E-state index is 9.99. The average Bonchev–Trinajstić information content (AvgIpc) is 2.43. The lowest BCUT2D eigenvalue weighted by atomic mass is 9.80. The highest BCUT2D eigenvalue weighted by molar-refractivity contribution is 5.27. The van der Waals surface area contributed by atoms with Gasteiger partial charge in [-0.05, 0) is 43.4 Å². The van der Waals surface area contributed by atoms with Gasteiger partial charge in [-0.1, -0.05) is 31.9 Å². The topological polar surface area (TPSA) is 41.5 Å². The summed E-state index contributed by atoms with van der Waals surface area (Å²) in [7, 11) is 0. The maximum Gasteiger partial charge on any atom is 0.119 e. The van der Waals surface area contributed by atoms with Crippen LogP contribution < -0.4 is 10.1 Å². The van der Waals surface area contributed by atoms with E-state index in [1.54, 1.807) is 0 Å². The van der Waals surface area contributed by atoms with Gasteiger partial charge in [0.25, 0.3) is 0 Å². The predicted octanol–water partition coefficient (Wildman–Crippen LogP) is 3.26. The van der Waals surface area contributed by atoms with E-state index in [0.717, 1.165) is 44.6 Å². The van der Waals surface area contributed by atoms with Crippen molar-refractivity contribution < 1.29 is 9.84 Å². The maximum atomic E-state index is 9.99. The summed E-state index contributed by atoms with van der Waals surface area (Å²) in [5, 5.41) is 13.3. The highest BCUT2D eigenvalue weighted by atomic mass is 16.5. The van der Waals surface area contributed by atoms with Crippen LogP contribution in [0.4, 0.5) is 0 Å². The molecular weight excluding hydrogens is 250 g/mol. The number of benzene rings is 1. The average molecular weight is 277 g/mol. The lowest BCUT2D eigenvalue weighted by molar-refractivity contribution is -0.0314. The third kappa shape index (κ3) is 4.80. The molecule has 1 aromatic carbocycles. The van der Waals surface area contributed by atoms with Gasteiger partial charge in [0.1, 0.15) is 5.75 Å². The molecule has 1 aromatic rings. The van der Waals surface area contributed by atoms with E-state index < -0.39 is 5.60 Å². The molecule has 0 unspecified atom stereocenters. The van der Waals surface area contributed by atoms with Gasteiger partial charge in [0.15, 0.2) is 0 Å². The lowest BCUT2D eigenvalue weighted by Crippen LogP contribution is -2.45. The summed E-state index contributed by atoms with van der Waals surface area (Å²) in [6, 6.07) is 8.24. The summed E-state index contributed by atoms with van der Waals surface area (Å²) < 4.78 is 5.69. The van der Waals surface area contributed by atoms with Crippen LogP contribution in [0.15, 0.2) is 24.3 Å². The number of nitrogens with one attached hydrogen (secondary N) is 1. The van der Waals surface area contributed by atoms with Crippen molar-refractivity contribution in [2.45, 2.75) is 57.6 Å².